The summed E-state index contributed by atoms with van der Waals surface area (Å²) in [5.41, 5.74) is 2.15. The molecule has 0 unspecified atom stereocenters. The van der Waals surface area contributed by atoms with Gasteiger partial charge in [-0.25, -0.2) is 0 Å². The Balaban J connectivity index is 3.00. The second-order valence-corrected chi connectivity index (χ2v) is 2.04. The Morgan fingerprint density at radius 1 is 1.10 bits per heavy atom. The molecule has 0 N–H and O–H groups in total. The summed E-state index contributed by atoms with van der Waals surface area (Å²) in [7, 11) is 0. The molecule has 0 aromatic heterocycles. The molecule has 0 aliphatic heterocycles. The number of benzene rings is 1. The van der Waals surface area contributed by atoms with Gasteiger partial charge in [-0.1, -0.05) is 49.6 Å². The zero-order chi connectivity index (χ0) is 7.40. The predicted molar refractivity (Wildman–Crippen MR) is 45.3 cm³/mol. The first-order chi connectivity index (χ1) is 4.86. The van der Waals surface area contributed by atoms with Gasteiger partial charge in [0.25, 0.3) is 0 Å². The molecule has 0 aliphatic carbocycles. The lowest BCUT2D eigenvalue weighted by atomic mass is 10.1. The quantitative estimate of drug-likeness (QED) is 0.576. The van der Waals surface area contributed by atoms with Crippen molar-refractivity contribution in [1.29, 1.82) is 0 Å². The van der Waals surface area contributed by atoms with Crippen LogP contribution in [0, 0.1) is 6.58 Å². The summed E-state index contributed by atoms with van der Waals surface area (Å²) >= 11 is 0. The van der Waals surface area contributed by atoms with Gasteiger partial charge in [0.1, 0.15) is 0 Å². The van der Waals surface area contributed by atoms with Gasteiger partial charge in [0, 0.05) is 0 Å². The SMILES string of the molecule is [CH]=Cc1ccc(C=C)cc1. The van der Waals surface area contributed by atoms with Crippen molar-refractivity contribution in [2.75, 3.05) is 0 Å². The lowest BCUT2D eigenvalue weighted by Crippen LogP contribution is -1.71. The van der Waals surface area contributed by atoms with Gasteiger partial charge >= 0.3 is 0 Å². The molecule has 0 amide bonds. The van der Waals surface area contributed by atoms with Crippen LogP contribution in [-0.2, 0) is 0 Å². The van der Waals surface area contributed by atoms with E-state index < -0.39 is 0 Å². The highest BCUT2D eigenvalue weighted by molar-refractivity contribution is 5.52. The van der Waals surface area contributed by atoms with Crippen LogP contribution in [0.2, 0.25) is 0 Å². The highest BCUT2D eigenvalue weighted by atomic mass is 13.9. The Labute approximate surface area is 61.5 Å². The molecule has 0 atom stereocenters. The van der Waals surface area contributed by atoms with Crippen molar-refractivity contribution in [1.82, 2.24) is 0 Å². The van der Waals surface area contributed by atoms with Crippen LogP contribution in [-0.4, -0.2) is 0 Å². The summed E-state index contributed by atoms with van der Waals surface area (Å²) in [5, 5.41) is 0. The summed E-state index contributed by atoms with van der Waals surface area (Å²) in [4.78, 5) is 0. The molecular formula is C10H9. The molecule has 0 heteroatoms. The summed E-state index contributed by atoms with van der Waals surface area (Å²) in [6.45, 7) is 8.94. The molecular weight excluding hydrogens is 120 g/mol. The van der Waals surface area contributed by atoms with Crippen LogP contribution < -0.4 is 0 Å². The topological polar surface area (TPSA) is 0 Å². The molecule has 1 aromatic carbocycles. The van der Waals surface area contributed by atoms with E-state index in [-0.39, 0.29) is 0 Å². The molecule has 0 bridgehead atoms. The average Bonchev–Trinajstić information content (AvgIpc) is 2.05. The highest BCUT2D eigenvalue weighted by Gasteiger charge is 1.84. The van der Waals surface area contributed by atoms with Crippen LogP contribution in [0.1, 0.15) is 11.1 Å². The molecule has 0 heterocycles. The Bertz CT molecular complexity index is 202. The third kappa shape index (κ3) is 1.35. The lowest BCUT2D eigenvalue weighted by Gasteiger charge is -1.92. The minimum Gasteiger partial charge on any atom is -0.0985 e. The fourth-order valence-corrected chi connectivity index (χ4v) is 0.743. The molecule has 10 heavy (non-hydrogen) atoms. The molecule has 0 aliphatic rings. The first-order valence-corrected chi connectivity index (χ1v) is 3.14. The molecule has 1 aromatic rings. The van der Waals surface area contributed by atoms with Gasteiger partial charge in [0.2, 0.25) is 0 Å². The zero-order valence-electron chi connectivity index (χ0n) is 5.75. The van der Waals surface area contributed by atoms with E-state index in [1.807, 2.05) is 24.3 Å². The van der Waals surface area contributed by atoms with E-state index in [1.54, 1.807) is 12.2 Å². The highest BCUT2D eigenvalue weighted by Crippen LogP contribution is 2.05. The van der Waals surface area contributed by atoms with Gasteiger partial charge < -0.3 is 0 Å². The maximum Gasteiger partial charge on any atom is -0.0256 e. The van der Waals surface area contributed by atoms with Crippen molar-refractivity contribution in [3.8, 4) is 0 Å². The average molecular weight is 129 g/mol. The monoisotopic (exact) mass is 129 g/mol. The van der Waals surface area contributed by atoms with Gasteiger partial charge in [0.05, 0.1) is 0 Å². The standard InChI is InChI=1S/C10H9/c1-3-9-5-7-10(4-2)8-6-9/h1,3-8H,2H2. The number of hydrogen-bond donors (Lipinski definition) is 0. The van der Waals surface area contributed by atoms with Crippen molar-refractivity contribution in [3.63, 3.8) is 0 Å². The molecule has 1 radical (unpaired) electrons. The molecule has 49 valence electrons. The maximum absolute atomic E-state index is 5.29. The third-order valence-corrected chi connectivity index (χ3v) is 1.36. The third-order valence-electron chi connectivity index (χ3n) is 1.36. The fourth-order valence-electron chi connectivity index (χ4n) is 0.743. The summed E-state index contributed by atoms with van der Waals surface area (Å²) in [5.74, 6) is 0. The van der Waals surface area contributed by atoms with Gasteiger partial charge in [-0.2, -0.15) is 0 Å². The van der Waals surface area contributed by atoms with Gasteiger partial charge in [-0.15, -0.1) is 0 Å². The van der Waals surface area contributed by atoms with Gasteiger partial charge in [0.15, 0.2) is 0 Å². The first-order valence-electron chi connectivity index (χ1n) is 3.14. The smallest absolute Gasteiger partial charge is 0.0256 e. The van der Waals surface area contributed by atoms with Gasteiger partial charge in [-0.05, 0) is 11.1 Å². The summed E-state index contributed by atoms with van der Waals surface area (Å²) in [6.07, 6.45) is 3.38. The van der Waals surface area contributed by atoms with Crippen LogP contribution in [0.5, 0.6) is 0 Å². The first kappa shape index (κ1) is 6.81. The molecule has 0 fully saturated rings. The Morgan fingerprint density at radius 2 is 1.60 bits per heavy atom. The predicted octanol–water partition coefficient (Wildman–Crippen LogP) is 2.78. The number of rotatable bonds is 2. The second kappa shape index (κ2) is 3.02. The van der Waals surface area contributed by atoms with Gasteiger partial charge in [-0.3, -0.25) is 0 Å². The Morgan fingerprint density at radius 3 is 2.00 bits per heavy atom. The van der Waals surface area contributed by atoms with Crippen molar-refractivity contribution in [2.45, 2.75) is 0 Å². The van der Waals surface area contributed by atoms with E-state index in [0.29, 0.717) is 0 Å². The Kier molecular flexibility index (Phi) is 2.06. The van der Waals surface area contributed by atoms with Crippen molar-refractivity contribution >= 4 is 12.2 Å². The lowest BCUT2D eigenvalue weighted by molar-refractivity contribution is 1.63. The van der Waals surface area contributed by atoms with E-state index in [4.69, 9.17) is 6.58 Å². The van der Waals surface area contributed by atoms with Crippen LogP contribution in [0.3, 0.4) is 0 Å². The minimum atomic E-state index is 1.03. The van der Waals surface area contributed by atoms with Crippen LogP contribution in [0.4, 0.5) is 0 Å². The largest absolute Gasteiger partial charge is 0.0985 e. The van der Waals surface area contributed by atoms with Crippen molar-refractivity contribution in [3.05, 3.63) is 48.6 Å². The maximum atomic E-state index is 5.29. The summed E-state index contributed by atoms with van der Waals surface area (Å²) in [6, 6.07) is 7.87. The minimum absolute atomic E-state index is 1.03. The van der Waals surface area contributed by atoms with Crippen molar-refractivity contribution < 1.29 is 0 Å². The molecule has 0 spiro atoms. The van der Waals surface area contributed by atoms with Crippen molar-refractivity contribution in [2.24, 2.45) is 0 Å². The van der Waals surface area contributed by atoms with E-state index in [9.17, 15) is 0 Å². The van der Waals surface area contributed by atoms with Crippen LogP contribution in [0.15, 0.2) is 30.8 Å². The second-order valence-electron chi connectivity index (χ2n) is 2.04. The molecule has 0 nitrogen and oxygen atoms in total. The van der Waals surface area contributed by atoms with E-state index in [2.05, 4.69) is 6.58 Å². The van der Waals surface area contributed by atoms with E-state index in [1.165, 1.54) is 0 Å². The van der Waals surface area contributed by atoms with E-state index in [0.717, 1.165) is 11.1 Å². The van der Waals surface area contributed by atoms with E-state index >= 15 is 0 Å². The van der Waals surface area contributed by atoms with Crippen LogP contribution >= 0.6 is 0 Å². The molecule has 1 rings (SSSR count). The van der Waals surface area contributed by atoms with Crippen LogP contribution in [0.25, 0.3) is 12.2 Å². The number of hydrogen-bond acceptors (Lipinski definition) is 0. The summed E-state index contributed by atoms with van der Waals surface area (Å²) < 4.78 is 0. The molecule has 0 saturated heterocycles. The Hall–Kier alpha value is -1.30. The fraction of sp³-hybridized carbons (Fsp3) is 0. The zero-order valence-corrected chi connectivity index (χ0v) is 5.75. The normalized spacial score (nSPS) is 8.80. The molecule has 0 saturated carbocycles.